The first-order valence-corrected chi connectivity index (χ1v) is 6.23. The van der Waals surface area contributed by atoms with Crippen LogP contribution in [0.15, 0.2) is 0 Å². The molecule has 17 heavy (non-hydrogen) atoms. The summed E-state index contributed by atoms with van der Waals surface area (Å²) in [7, 11) is 1.62. The largest absolute Gasteiger partial charge is 0.388 e. The normalized spacial score (nSPS) is 13.5. The molecule has 0 spiro atoms. The minimum Gasteiger partial charge on any atom is -0.388 e. The first-order chi connectivity index (χ1) is 7.99. The molecule has 102 valence electrons. The standard InChI is InChI=1S/C12H26N2O3/c1-4-12(16,5-2)9-14-11(15)10(13)7-6-8-17-3/h10,16H,4-9,13H2,1-3H3,(H,14,15). The highest BCUT2D eigenvalue weighted by molar-refractivity contribution is 5.81. The van der Waals surface area contributed by atoms with Crippen LogP contribution < -0.4 is 11.1 Å². The van der Waals surface area contributed by atoms with Gasteiger partial charge < -0.3 is 20.9 Å². The van der Waals surface area contributed by atoms with Crippen LogP contribution in [0.3, 0.4) is 0 Å². The zero-order chi connectivity index (χ0) is 13.3. The Morgan fingerprint density at radius 3 is 2.53 bits per heavy atom. The zero-order valence-corrected chi connectivity index (χ0v) is 11.2. The summed E-state index contributed by atoms with van der Waals surface area (Å²) in [5.74, 6) is -0.207. The summed E-state index contributed by atoms with van der Waals surface area (Å²) >= 11 is 0. The molecule has 1 atom stereocenters. The van der Waals surface area contributed by atoms with Gasteiger partial charge in [-0.15, -0.1) is 0 Å². The fraction of sp³-hybridized carbons (Fsp3) is 0.917. The maximum absolute atomic E-state index is 11.6. The van der Waals surface area contributed by atoms with Crippen molar-refractivity contribution in [1.29, 1.82) is 0 Å². The minimum absolute atomic E-state index is 0.207. The average molecular weight is 246 g/mol. The molecule has 0 aromatic rings. The molecule has 4 N–H and O–H groups in total. The summed E-state index contributed by atoms with van der Waals surface area (Å²) in [6.45, 7) is 4.66. The Bertz CT molecular complexity index is 218. The van der Waals surface area contributed by atoms with Crippen LogP contribution in [0.1, 0.15) is 39.5 Å². The quantitative estimate of drug-likeness (QED) is 0.514. The summed E-state index contributed by atoms with van der Waals surface area (Å²) < 4.78 is 4.89. The third-order valence-electron chi connectivity index (χ3n) is 3.11. The molecule has 0 radical (unpaired) electrons. The predicted molar refractivity (Wildman–Crippen MR) is 67.6 cm³/mol. The SMILES string of the molecule is CCC(O)(CC)CNC(=O)C(N)CCCOC. The summed E-state index contributed by atoms with van der Waals surface area (Å²) in [4.78, 5) is 11.6. The van der Waals surface area contributed by atoms with E-state index < -0.39 is 11.6 Å². The second-order valence-corrected chi connectivity index (χ2v) is 4.39. The highest BCUT2D eigenvalue weighted by Crippen LogP contribution is 2.12. The molecule has 0 aliphatic heterocycles. The van der Waals surface area contributed by atoms with E-state index in [1.807, 2.05) is 13.8 Å². The fourth-order valence-corrected chi connectivity index (χ4v) is 1.46. The summed E-state index contributed by atoms with van der Waals surface area (Å²) in [6, 6.07) is -0.525. The molecule has 0 saturated heterocycles. The minimum atomic E-state index is -0.818. The Labute approximate surface area is 104 Å². The van der Waals surface area contributed by atoms with Crippen molar-refractivity contribution in [2.24, 2.45) is 5.73 Å². The lowest BCUT2D eigenvalue weighted by Gasteiger charge is -2.26. The topological polar surface area (TPSA) is 84.6 Å². The number of rotatable bonds is 9. The van der Waals surface area contributed by atoms with Gasteiger partial charge >= 0.3 is 0 Å². The Hall–Kier alpha value is -0.650. The van der Waals surface area contributed by atoms with Gasteiger partial charge in [0.15, 0.2) is 0 Å². The Morgan fingerprint density at radius 1 is 1.47 bits per heavy atom. The van der Waals surface area contributed by atoms with Crippen molar-refractivity contribution < 1.29 is 14.6 Å². The lowest BCUT2D eigenvalue weighted by Crippen LogP contribution is -2.47. The van der Waals surface area contributed by atoms with Crippen LogP contribution >= 0.6 is 0 Å². The smallest absolute Gasteiger partial charge is 0.237 e. The number of carbonyl (C=O) groups is 1. The van der Waals surface area contributed by atoms with E-state index in [0.29, 0.717) is 25.9 Å². The van der Waals surface area contributed by atoms with E-state index in [1.54, 1.807) is 7.11 Å². The first-order valence-electron chi connectivity index (χ1n) is 6.23. The second kappa shape index (κ2) is 8.44. The van der Waals surface area contributed by atoms with E-state index in [-0.39, 0.29) is 12.5 Å². The molecule has 5 heteroatoms. The molecule has 0 aromatic carbocycles. The van der Waals surface area contributed by atoms with E-state index in [4.69, 9.17) is 10.5 Å². The van der Waals surface area contributed by atoms with Crippen molar-refractivity contribution in [1.82, 2.24) is 5.32 Å². The molecule has 0 saturated carbocycles. The maximum atomic E-state index is 11.6. The highest BCUT2D eigenvalue weighted by Gasteiger charge is 2.24. The summed E-state index contributed by atoms with van der Waals surface area (Å²) in [6.07, 6.45) is 2.58. The van der Waals surface area contributed by atoms with Gasteiger partial charge in [-0.3, -0.25) is 4.79 Å². The lowest BCUT2D eigenvalue weighted by atomic mass is 9.97. The van der Waals surface area contributed by atoms with E-state index >= 15 is 0 Å². The van der Waals surface area contributed by atoms with Crippen molar-refractivity contribution >= 4 is 5.91 Å². The van der Waals surface area contributed by atoms with Crippen LogP contribution in [0.4, 0.5) is 0 Å². The van der Waals surface area contributed by atoms with E-state index in [0.717, 1.165) is 6.42 Å². The lowest BCUT2D eigenvalue weighted by molar-refractivity contribution is -0.123. The maximum Gasteiger partial charge on any atom is 0.237 e. The molecule has 0 aromatic heterocycles. The molecule has 0 rings (SSSR count). The van der Waals surface area contributed by atoms with Gasteiger partial charge in [-0.05, 0) is 25.7 Å². The van der Waals surface area contributed by atoms with E-state index in [9.17, 15) is 9.90 Å². The number of amides is 1. The second-order valence-electron chi connectivity index (χ2n) is 4.39. The van der Waals surface area contributed by atoms with Gasteiger partial charge in [0.2, 0.25) is 5.91 Å². The number of hydrogen-bond acceptors (Lipinski definition) is 4. The third kappa shape index (κ3) is 6.61. The van der Waals surface area contributed by atoms with Gasteiger partial charge in [-0.2, -0.15) is 0 Å². The molecule has 0 aliphatic carbocycles. The van der Waals surface area contributed by atoms with Crippen LogP contribution in [-0.2, 0) is 9.53 Å². The van der Waals surface area contributed by atoms with Gasteiger partial charge in [0, 0.05) is 20.3 Å². The number of carbonyl (C=O) groups excluding carboxylic acids is 1. The van der Waals surface area contributed by atoms with Crippen LogP contribution in [0, 0.1) is 0 Å². The van der Waals surface area contributed by atoms with Gasteiger partial charge in [0.05, 0.1) is 11.6 Å². The predicted octanol–water partition coefficient (Wildman–Crippen LogP) is 0.408. The van der Waals surface area contributed by atoms with Crippen molar-refractivity contribution in [3.63, 3.8) is 0 Å². The molecular weight excluding hydrogens is 220 g/mol. The average Bonchev–Trinajstić information content (AvgIpc) is 2.35. The number of aliphatic hydroxyl groups is 1. The van der Waals surface area contributed by atoms with Gasteiger partial charge in [-0.1, -0.05) is 13.8 Å². The first kappa shape index (κ1) is 16.4. The van der Waals surface area contributed by atoms with E-state index in [2.05, 4.69) is 5.32 Å². The van der Waals surface area contributed by atoms with Gasteiger partial charge in [-0.25, -0.2) is 0 Å². The molecular formula is C12H26N2O3. The summed E-state index contributed by atoms with van der Waals surface area (Å²) in [5, 5.41) is 12.7. The Balaban J connectivity index is 3.92. The highest BCUT2D eigenvalue weighted by atomic mass is 16.5. The number of nitrogens with one attached hydrogen (secondary N) is 1. The third-order valence-corrected chi connectivity index (χ3v) is 3.11. The summed E-state index contributed by atoms with van der Waals surface area (Å²) in [5.41, 5.74) is 4.90. The number of methoxy groups -OCH3 is 1. The Kier molecular flexibility index (Phi) is 8.12. The van der Waals surface area contributed by atoms with Crippen LogP contribution in [0.25, 0.3) is 0 Å². The van der Waals surface area contributed by atoms with Crippen molar-refractivity contribution in [2.75, 3.05) is 20.3 Å². The molecule has 0 bridgehead atoms. The molecule has 5 nitrogen and oxygen atoms in total. The van der Waals surface area contributed by atoms with Crippen molar-refractivity contribution in [3.8, 4) is 0 Å². The monoisotopic (exact) mass is 246 g/mol. The van der Waals surface area contributed by atoms with E-state index in [1.165, 1.54) is 0 Å². The van der Waals surface area contributed by atoms with Crippen LogP contribution in [0.5, 0.6) is 0 Å². The van der Waals surface area contributed by atoms with Crippen molar-refractivity contribution in [3.05, 3.63) is 0 Å². The fourth-order valence-electron chi connectivity index (χ4n) is 1.46. The number of hydrogen-bond donors (Lipinski definition) is 3. The van der Waals surface area contributed by atoms with Crippen LogP contribution in [-0.4, -0.2) is 42.9 Å². The van der Waals surface area contributed by atoms with Crippen LogP contribution in [0.2, 0.25) is 0 Å². The van der Waals surface area contributed by atoms with Crippen molar-refractivity contribution in [2.45, 2.75) is 51.2 Å². The number of nitrogens with two attached hydrogens (primary N) is 1. The zero-order valence-electron chi connectivity index (χ0n) is 11.2. The van der Waals surface area contributed by atoms with Gasteiger partial charge in [0.1, 0.15) is 0 Å². The molecule has 0 heterocycles. The molecule has 0 fully saturated rings. The Morgan fingerprint density at radius 2 is 2.06 bits per heavy atom. The molecule has 1 unspecified atom stereocenters. The molecule has 1 amide bonds. The number of ether oxygens (including phenoxy) is 1. The molecule has 0 aliphatic rings. The van der Waals surface area contributed by atoms with Gasteiger partial charge in [0.25, 0.3) is 0 Å².